The summed E-state index contributed by atoms with van der Waals surface area (Å²) in [6.07, 6.45) is 2.36. The van der Waals surface area contributed by atoms with Gasteiger partial charge in [0.2, 0.25) is 0 Å². The van der Waals surface area contributed by atoms with Crippen LogP contribution < -0.4 is 15.2 Å². The lowest BCUT2D eigenvalue weighted by Gasteiger charge is -2.11. The second-order valence-corrected chi connectivity index (χ2v) is 3.82. The summed E-state index contributed by atoms with van der Waals surface area (Å²) in [6, 6.07) is 3.27. The number of hydrogen-bond acceptors (Lipinski definition) is 4. The highest BCUT2D eigenvalue weighted by molar-refractivity contribution is 6.01. The van der Waals surface area contributed by atoms with Crippen molar-refractivity contribution in [2.24, 2.45) is 0 Å². The Morgan fingerprint density at radius 1 is 1.24 bits per heavy atom. The van der Waals surface area contributed by atoms with Gasteiger partial charge >= 0.3 is 0 Å². The number of nitrogens with two attached hydrogens (primary N) is 1. The molecule has 0 aliphatic carbocycles. The van der Waals surface area contributed by atoms with E-state index < -0.39 is 0 Å². The number of carbonyl (C=O) groups is 1. The van der Waals surface area contributed by atoms with Gasteiger partial charge in [0.05, 0.1) is 14.2 Å². The Morgan fingerprint density at radius 3 is 2.35 bits per heavy atom. The predicted octanol–water partition coefficient (Wildman–Crippen LogP) is 2.66. The lowest BCUT2D eigenvalue weighted by Crippen LogP contribution is -2.05. The minimum Gasteiger partial charge on any atom is -0.493 e. The Morgan fingerprint density at radius 2 is 1.82 bits per heavy atom. The van der Waals surface area contributed by atoms with Gasteiger partial charge < -0.3 is 15.2 Å². The molecule has 0 heterocycles. The van der Waals surface area contributed by atoms with Gasteiger partial charge in [-0.25, -0.2) is 0 Å². The third-order valence-corrected chi connectivity index (χ3v) is 2.61. The van der Waals surface area contributed by atoms with Gasteiger partial charge in [-0.1, -0.05) is 13.3 Å². The number of ether oxygens (including phenoxy) is 2. The number of carbonyl (C=O) groups excluding carboxylic acids is 1. The zero-order valence-electron chi connectivity index (χ0n) is 10.6. The van der Waals surface area contributed by atoms with Crippen molar-refractivity contribution in [1.82, 2.24) is 0 Å². The molecule has 0 saturated carbocycles. The van der Waals surface area contributed by atoms with E-state index in [0.29, 0.717) is 29.2 Å². The van der Waals surface area contributed by atoms with Crippen molar-refractivity contribution in [2.75, 3.05) is 20.0 Å². The van der Waals surface area contributed by atoms with Gasteiger partial charge in [-0.15, -0.1) is 0 Å². The Kier molecular flexibility index (Phi) is 4.82. The molecule has 4 nitrogen and oxygen atoms in total. The van der Waals surface area contributed by atoms with E-state index in [4.69, 9.17) is 15.2 Å². The smallest absolute Gasteiger partial charge is 0.165 e. The van der Waals surface area contributed by atoms with Crippen LogP contribution in [0.2, 0.25) is 0 Å². The van der Waals surface area contributed by atoms with E-state index in [9.17, 15) is 4.79 Å². The summed E-state index contributed by atoms with van der Waals surface area (Å²) < 4.78 is 10.3. The number of rotatable bonds is 6. The second kappa shape index (κ2) is 6.13. The normalized spacial score (nSPS) is 10.1. The molecule has 2 N–H and O–H groups in total. The Balaban J connectivity index is 3.03. The molecule has 0 saturated heterocycles. The molecule has 0 bridgehead atoms. The maximum absolute atomic E-state index is 11.9. The van der Waals surface area contributed by atoms with Crippen LogP contribution in [0.25, 0.3) is 0 Å². The standard InChI is InChI=1S/C13H19NO3/c1-4-5-6-11(15)9-7-12(16-2)13(17-3)8-10(9)14/h7-8H,4-6,14H2,1-3H3. The number of ketones is 1. The zero-order chi connectivity index (χ0) is 12.8. The van der Waals surface area contributed by atoms with E-state index in [2.05, 4.69) is 0 Å². The second-order valence-electron chi connectivity index (χ2n) is 3.82. The molecular weight excluding hydrogens is 218 g/mol. The Labute approximate surface area is 102 Å². The third kappa shape index (κ3) is 3.12. The number of nitrogen functional groups attached to an aromatic ring is 1. The monoisotopic (exact) mass is 237 g/mol. The predicted molar refractivity (Wildman–Crippen MR) is 67.8 cm³/mol. The van der Waals surface area contributed by atoms with Crippen LogP contribution in [0.15, 0.2) is 12.1 Å². The first-order valence-corrected chi connectivity index (χ1v) is 5.68. The third-order valence-electron chi connectivity index (χ3n) is 2.61. The molecule has 0 atom stereocenters. The maximum Gasteiger partial charge on any atom is 0.165 e. The number of methoxy groups -OCH3 is 2. The van der Waals surface area contributed by atoms with Crippen molar-refractivity contribution in [3.05, 3.63) is 17.7 Å². The molecule has 0 spiro atoms. The first-order valence-electron chi connectivity index (χ1n) is 5.68. The van der Waals surface area contributed by atoms with Crippen LogP contribution in [0.5, 0.6) is 11.5 Å². The van der Waals surface area contributed by atoms with Gasteiger partial charge in [-0.05, 0) is 12.5 Å². The van der Waals surface area contributed by atoms with Crippen molar-refractivity contribution >= 4 is 11.5 Å². The summed E-state index contributed by atoms with van der Waals surface area (Å²) in [5.74, 6) is 1.11. The molecule has 1 rings (SSSR count). The maximum atomic E-state index is 11.9. The minimum atomic E-state index is 0.0466. The topological polar surface area (TPSA) is 61.5 Å². The summed E-state index contributed by atoms with van der Waals surface area (Å²) in [6.45, 7) is 2.05. The molecule has 94 valence electrons. The fourth-order valence-corrected chi connectivity index (χ4v) is 1.61. The largest absolute Gasteiger partial charge is 0.493 e. The van der Waals surface area contributed by atoms with Crippen LogP contribution in [0.1, 0.15) is 36.5 Å². The molecule has 0 unspecified atom stereocenters. The number of Topliss-reactive ketones (excluding diaryl/α,β-unsaturated/α-hetero) is 1. The van der Waals surface area contributed by atoms with E-state index in [1.54, 1.807) is 12.1 Å². The van der Waals surface area contributed by atoms with E-state index in [-0.39, 0.29) is 5.78 Å². The van der Waals surface area contributed by atoms with Gasteiger partial charge in [0.1, 0.15) is 0 Å². The zero-order valence-corrected chi connectivity index (χ0v) is 10.6. The van der Waals surface area contributed by atoms with Crippen molar-refractivity contribution in [2.45, 2.75) is 26.2 Å². The van der Waals surface area contributed by atoms with Crippen LogP contribution in [0, 0.1) is 0 Å². The van der Waals surface area contributed by atoms with E-state index >= 15 is 0 Å². The van der Waals surface area contributed by atoms with Gasteiger partial charge in [-0.3, -0.25) is 4.79 Å². The number of unbranched alkanes of at least 4 members (excludes halogenated alkanes) is 1. The summed E-state index contributed by atoms with van der Waals surface area (Å²) in [7, 11) is 3.07. The van der Waals surface area contributed by atoms with E-state index in [1.165, 1.54) is 14.2 Å². The van der Waals surface area contributed by atoms with E-state index in [1.807, 2.05) is 6.92 Å². The molecule has 17 heavy (non-hydrogen) atoms. The fraction of sp³-hybridized carbons (Fsp3) is 0.462. The van der Waals surface area contributed by atoms with Crippen LogP contribution in [0.4, 0.5) is 5.69 Å². The first kappa shape index (κ1) is 13.4. The van der Waals surface area contributed by atoms with Crippen LogP contribution in [-0.2, 0) is 0 Å². The van der Waals surface area contributed by atoms with Crippen molar-refractivity contribution in [3.63, 3.8) is 0 Å². The van der Waals surface area contributed by atoms with Crippen molar-refractivity contribution in [1.29, 1.82) is 0 Å². The molecule has 4 heteroatoms. The average molecular weight is 237 g/mol. The van der Waals surface area contributed by atoms with Gasteiger partial charge in [-0.2, -0.15) is 0 Å². The lowest BCUT2D eigenvalue weighted by atomic mass is 10.0. The molecule has 0 aromatic heterocycles. The summed E-state index contributed by atoms with van der Waals surface area (Å²) >= 11 is 0. The summed E-state index contributed by atoms with van der Waals surface area (Å²) in [5, 5.41) is 0. The highest BCUT2D eigenvalue weighted by atomic mass is 16.5. The molecule has 0 aliphatic rings. The molecular formula is C13H19NO3. The van der Waals surface area contributed by atoms with Crippen molar-refractivity contribution in [3.8, 4) is 11.5 Å². The molecule has 0 fully saturated rings. The highest BCUT2D eigenvalue weighted by Gasteiger charge is 2.14. The number of hydrogen-bond donors (Lipinski definition) is 1. The quantitative estimate of drug-likeness (QED) is 0.610. The minimum absolute atomic E-state index is 0.0466. The first-order chi connectivity index (χ1) is 8.13. The Bertz CT molecular complexity index is 402. The fourth-order valence-electron chi connectivity index (χ4n) is 1.61. The van der Waals surface area contributed by atoms with Crippen LogP contribution in [-0.4, -0.2) is 20.0 Å². The molecule has 1 aromatic rings. The Hall–Kier alpha value is -1.71. The SMILES string of the molecule is CCCCC(=O)c1cc(OC)c(OC)cc1N. The average Bonchev–Trinajstić information content (AvgIpc) is 2.35. The van der Waals surface area contributed by atoms with Crippen LogP contribution in [0.3, 0.4) is 0 Å². The summed E-state index contributed by atoms with van der Waals surface area (Å²) in [4.78, 5) is 11.9. The van der Waals surface area contributed by atoms with Gasteiger partial charge in [0.15, 0.2) is 17.3 Å². The van der Waals surface area contributed by atoms with Gasteiger partial charge in [0, 0.05) is 23.7 Å². The van der Waals surface area contributed by atoms with Crippen molar-refractivity contribution < 1.29 is 14.3 Å². The molecule has 1 aromatic carbocycles. The molecule has 0 aliphatic heterocycles. The van der Waals surface area contributed by atoms with E-state index in [0.717, 1.165) is 12.8 Å². The molecule has 0 radical (unpaired) electrons. The molecule has 0 amide bonds. The lowest BCUT2D eigenvalue weighted by molar-refractivity contribution is 0.0980. The van der Waals surface area contributed by atoms with Gasteiger partial charge in [0.25, 0.3) is 0 Å². The van der Waals surface area contributed by atoms with Crippen LogP contribution >= 0.6 is 0 Å². The number of anilines is 1. The number of benzene rings is 1. The highest BCUT2D eigenvalue weighted by Crippen LogP contribution is 2.32. The summed E-state index contributed by atoms with van der Waals surface area (Å²) in [5.41, 5.74) is 6.78.